The molecule has 1 unspecified atom stereocenters. The van der Waals surface area contributed by atoms with Gasteiger partial charge in [-0.15, -0.1) is 0 Å². The van der Waals surface area contributed by atoms with E-state index in [0.29, 0.717) is 24.7 Å². The highest BCUT2D eigenvalue weighted by Crippen LogP contribution is 2.29. The average molecular weight is 312 g/mol. The zero-order chi connectivity index (χ0) is 15.0. The zero-order valence-corrected chi connectivity index (χ0v) is 12.6. The van der Waals surface area contributed by atoms with Crippen molar-refractivity contribution >= 4 is 15.9 Å². The van der Waals surface area contributed by atoms with Gasteiger partial charge in [-0.2, -0.15) is 5.10 Å². The number of likely N-dealkylation sites (tertiary alicyclic amines) is 1. The molecule has 2 N–H and O–H groups in total. The van der Waals surface area contributed by atoms with Gasteiger partial charge in [-0.05, 0) is 25.3 Å². The molecule has 0 radical (unpaired) electrons. The van der Waals surface area contributed by atoms with E-state index in [9.17, 15) is 13.2 Å². The number of aromatic nitrogens is 2. The van der Waals surface area contributed by atoms with Crippen molar-refractivity contribution in [2.75, 3.05) is 13.1 Å². The summed E-state index contributed by atoms with van der Waals surface area (Å²) in [4.78, 5) is 13.9. The van der Waals surface area contributed by atoms with Gasteiger partial charge < -0.3 is 4.90 Å². The molecule has 1 aliphatic carbocycles. The molecule has 2 fully saturated rings. The van der Waals surface area contributed by atoms with E-state index in [1.54, 1.807) is 6.07 Å². The average Bonchev–Trinajstić information content (AvgIpc) is 3.17. The molecule has 7 nitrogen and oxygen atoms in total. The lowest BCUT2D eigenvalue weighted by molar-refractivity contribution is 0.0786. The Bertz CT molecular complexity index is 634. The van der Waals surface area contributed by atoms with Gasteiger partial charge in [0.2, 0.25) is 10.0 Å². The molecule has 0 aromatic carbocycles. The van der Waals surface area contributed by atoms with Gasteiger partial charge in [-0.1, -0.05) is 12.8 Å². The van der Waals surface area contributed by atoms with E-state index in [1.165, 1.54) is 17.7 Å². The Hall–Kier alpha value is -1.41. The van der Waals surface area contributed by atoms with Gasteiger partial charge in [-0.25, -0.2) is 13.6 Å². The highest BCUT2D eigenvalue weighted by Gasteiger charge is 2.34. The lowest BCUT2D eigenvalue weighted by atomic mass is 10.3. The monoisotopic (exact) mass is 312 g/mol. The predicted molar refractivity (Wildman–Crippen MR) is 77.1 cm³/mol. The molecular weight excluding hydrogens is 292 g/mol. The smallest absolute Gasteiger partial charge is 0.274 e. The van der Waals surface area contributed by atoms with Gasteiger partial charge in [0.1, 0.15) is 5.69 Å². The van der Waals surface area contributed by atoms with Crippen molar-refractivity contribution in [3.05, 3.63) is 18.0 Å². The van der Waals surface area contributed by atoms with Crippen LogP contribution in [0.2, 0.25) is 0 Å². The maximum atomic E-state index is 12.4. The number of carbonyl (C=O) groups excluding carboxylic acids is 1. The Morgan fingerprint density at radius 3 is 2.62 bits per heavy atom. The van der Waals surface area contributed by atoms with Gasteiger partial charge in [0.05, 0.1) is 11.3 Å². The first-order chi connectivity index (χ1) is 9.95. The first-order valence-corrected chi connectivity index (χ1v) is 8.92. The Balaban J connectivity index is 1.69. The zero-order valence-electron chi connectivity index (χ0n) is 11.8. The molecule has 0 spiro atoms. The van der Waals surface area contributed by atoms with Crippen molar-refractivity contribution in [1.82, 2.24) is 14.7 Å². The Labute approximate surface area is 124 Å². The fraction of sp³-hybridized carbons (Fsp3) is 0.692. The van der Waals surface area contributed by atoms with Crippen LogP contribution in [-0.4, -0.2) is 47.3 Å². The molecule has 21 heavy (non-hydrogen) atoms. The predicted octanol–water partition coefficient (Wildman–Crippen LogP) is 0.501. The number of nitrogens with zero attached hydrogens (tertiary/aromatic N) is 3. The molecule has 3 rings (SSSR count). The minimum Gasteiger partial charge on any atom is -0.336 e. The number of nitrogens with two attached hydrogens (primary N) is 1. The number of primary sulfonamides is 1. The highest BCUT2D eigenvalue weighted by atomic mass is 32.2. The molecule has 1 aromatic heterocycles. The Morgan fingerprint density at radius 2 is 2.00 bits per heavy atom. The maximum Gasteiger partial charge on any atom is 0.274 e. The van der Waals surface area contributed by atoms with Crippen molar-refractivity contribution in [2.45, 2.75) is 43.4 Å². The van der Waals surface area contributed by atoms with Crippen LogP contribution in [0.15, 0.2) is 12.3 Å². The second-order valence-electron chi connectivity index (χ2n) is 5.87. The van der Waals surface area contributed by atoms with Crippen molar-refractivity contribution in [3.8, 4) is 0 Å². The minimum atomic E-state index is -3.58. The van der Waals surface area contributed by atoms with E-state index in [4.69, 9.17) is 5.14 Å². The van der Waals surface area contributed by atoms with Crippen LogP contribution in [0.3, 0.4) is 0 Å². The molecule has 2 aliphatic rings. The molecular formula is C13H20N4O3S. The second-order valence-corrected chi connectivity index (χ2v) is 7.71. The summed E-state index contributed by atoms with van der Waals surface area (Å²) in [6.07, 6.45) is 6.86. The number of carbonyl (C=O) groups is 1. The van der Waals surface area contributed by atoms with Crippen LogP contribution in [0, 0.1) is 0 Å². The Morgan fingerprint density at radius 1 is 1.29 bits per heavy atom. The number of amides is 1. The first-order valence-electron chi connectivity index (χ1n) is 7.31. The summed E-state index contributed by atoms with van der Waals surface area (Å²) >= 11 is 0. The number of sulfonamides is 1. The van der Waals surface area contributed by atoms with Crippen LogP contribution < -0.4 is 5.14 Å². The molecule has 1 aromatic rings. The molecule has 2 heterocycles. The molecule has 1 saturated heterocycles. The fourth-order valence-corrected chi connectivity index (χ4v) is 3.99. The van der Waals surface area contributed by atoms with Crippen molar-refractivity contribution < 1.29 is 13.2 Å². The van der Waals surface area contributed by atoms with Crippen molar-refractivity contribution in [3.63, 3.8) is 0 Å². The molecule has 8 heteroatoms. The Kier molecular flexibility index (Phi) is 3.75. The van der Waals surface area contributed by atoms with Crippen LogP contribution in [0.4, 0.5) is 0 Å². The van der Waals surface area contributed by atoms with E-state index in [1.807, 2.05) is 10.9 Å². The van der Waals surface area contributed by atoms with Crippen LogP contribution in [0.1, 0.15) is 48.6 Å². The SMILES string of the molecule is NS(=O)(=O)C1CCN(C(=O)c2ccn(C3CCCC3)n2)C1. The molecule has 1 atom stereocenters. The summed E-state index contributed by atoms with van der Waals surface area (Å²) in [6.45, 7) is 0.574. The number of rotatable bonds is 3. The largest absolute Gasteiger partial charge is 0.336 e. The van der Waals surface area contributed by atoms with E-state index >= 15 is 0 Å². The lowest BCUT2D eigenvalue weighted by Gasteiger charge is -2.14. The molecule has 116 valence electrons. The van der Waals surface area contributed by atoms with Crippen molar-refractivity contribution in [2.24, 2.45) is 5.14 Å². The highest BCUT2D eigenvalue weighted by molar-refractivity contribution is 7.89. The fourth-order valence-electron chi connectivity index (χ4n) is 3.17. The van der Waals surface area contributed by atoms with E-state index in [-0.39, 0.29) is 12.5 Å². The third-order valence-electron chi connectivity index (χ3n) is 4.42. The van der Waals surface area contributed by atoms with Crippen molar-refractivity contribution in [1.29, 1.82) is 0 Å². The second kappa shape index (κ2) is 5.42. The lowest BCUT2D eigenvalue weighted by Crippen LogP contribution is -2.34. The number of hydrogen-bond acceptors (Lipinski definition) is 4. The maximum absolute atomic E-state index is 12.4. The minimum absolute atomic E-state index is 0.161. The quantitative estimate of drug-likeness (QED) is 0.878. The standard InChI is InChI=1S/C13H20N4O3S/c14-21(19,20)11-5-7-16(9-11)13(18)12-6-8-17(15-12)10-3-1-2-4-10/h6,8,10-11H,1-5,7,9H2,(H2,14,19,20). The third-order valence-corrected chi connectivity index (χ3v) is 5.74. The summed E-state index contributed by atoms with van der Waals surface area (Å²) in [5.41, 5.74) is 0.386. The molecule has 1 aliphatic heterocycles. The van der Waals surface area contributed by atoms with E-state index in [0.717, 1.165) is 12.8 Å². The third kappa shape index (κ3) is 2.96. The van der Waals surface area contributed by atoms with Crippen LogP contribution in [0.5, 0.6) is 0 Å². The summed E-state index contributed by atoms with van der Waals surface area (Å²) in [5, 5.41) is 8.86. The van der Waals surface area contributed by atoms with Crippen LogP contribution in [-0.2, 0) is 10.0 Å². The first kappa shape index (κ1) is 14.5. The van der Waals surface area contributed by atoms with Crippen LogP contribution in [0.25, 0.3) is 0 Å². The molecule has 0 bridgehead atoms. The normalized spacial score (nSPS) is 23.9. The van der Waals surface area contributed by atoms with Gasteiger partial charge in [0.25, 0.3) is 5.91 Å². The molecule has 1 amide bonds. The summed E-state index contributed by atoms with van der Waals surface area (Å²) < 4.78 is 24.5. The van der Waals surface area contributed by atoms with Gasteiger partial charge in [-0.3, -0.25) is 9.48 Å². The topological polar surface area (TPSA) is 98.3 Å². The summed E-state index contributed by atoms with van der Waals surface area (Å²) in [6, 6.07) is 2.10. The van der Waals surface area contributed by atoms with Gasteiger partial charge in [0.15, 0.2) is 0 Å². The summed E-state index contributed by atoms with van der Waals surface area (Å²) in [5.74, 6) is -0.210. The van der Waals surface area contributed by atoms with E-state index in [2.05, 4.69) is 5.10 Å². The van der Waals surface area contributed by atoms with E-state index < -0.39 is 15.3 Å². The molecule has 1 saturated carbocycles. The van der Waals surface area contributed by atoms with Gasteiger partial charge in [0, 0.05) is 19.3 Å². The summed E-state index contributed by atoms with van der Waals surface area (Å²) in [7, 11) is -3.58. The number of hydrogen-bond donors (Lipinski definition) is 1. The van der Waals surface area contributed by atoms with Gasteiger partial charge >= 0.3 is 0 Å². The van der Waals surface area contributed by atoms with Crippen LogP contribution >= 0.6 is 0 Å².